The largest absolute Gasteiger partial charge is 0.399 e. The zero-order valence-corrected chi connectivity index (χ0v) is 27.5. The van der Waals surface area contributed by atoms with Gasteiger partial charge in [0.05, 0.1) is 8.07 Å². The molecule has 1 nitrogen and oxygen atoms in total. The molecule has 4 aromatic rings. The van der Waals surface area contributed by atoms with E-state index in [1.807, 2.05) is 0 Å². The van der Waals surface area contributed by atoms with Gasteiger partial charge in [-0.15, -0.1) is 0 Å². The highest BCUT2D eigenvalue weighted by Gasteiger charge is 2.32. The first kappa shape index (κ1) is 30.1. The van der Waals surface area contributed by atoms with Crippen molar-refractivity contribution in [2.24, 2.45) is 0 Å². The van der Waals surface area contributed by atoms with Crippen molar-refractivity contribution in [3.05, 3.63) is 115 Å². The smallest absolute Gasteiger partial charge is 0.181 e. The van der Waals surface area contributed by atoms with Crippen LogP contribution in [0, 0.1) is 0 Å². The van der Waals surface area contributed by atoms with E-state index in [4.69, 9.17) is 0 Å². The van der Waals surface area contributed by atoms with Crippen LogP contribution >= 0.6 is 0 Å². The van der Waals surface area contributed by atoms with Gasteiger partial charge in [-0.05, 0) is 64.9 Å². The number of rotatable bonds is 14. The van der Waals surface area contributed by atoms with Crippen molar-refractivity contribution in [2.45, 2.75) is 77.7 Å². The van der Waals surface area contributed by atoms with Crippen LogP contribution in [-0.4, -0.2) is 27.4 Å². The molecule has 0 unspecified atom stereocenters. The van der Waals surface area contributed by atoms with E-state index in [2.05, 4.69) is 147 Å². The van der Waals surface area contributed by atoms with Crippen LogP contribution < -0.4 is 10.4 Å². The molecule has 40 heavy (non-hydrogen) atoms. The van der Waals surface area contributed by atoms with Crippen LogP contribution in [0.4, 0.5) is 0 Å². The fraction of sp³-hybridized carbons (Fsp3) is 0.351. The molecule has 0 saturated heterocycles. The first-order valence-electron chi connectivity index (χ1n) is 15.4. The molecule has 0 atom stereocenters. The van der Waals surface area contributed by atoms with E-state index in [1.165, 1.54) is 70.8 Å². The average Bonchev–Trinajstić information content (AvgIpc) is 2.98. The Bertz CT molecular complexity index is 1360. The van der Waals surface area contributed by atoms with Gasteiger partial charge in [0, 0.05) is 6.54 Å². The van der Waals surface area contributed by atoms with Gasteiger partial charge < -0.3 is 4.57 Å². The van der Waals surface area contributed by atoms with Crippen LogP contribution in [0.2, 0.25) is 32.2 Å². The Morgan fingerprint density at radius 3 is 1.88 bits per heavy atom. The lowest BCUT2D eigenvalue weighted by Crippen LogP contribution is -2.56. The maximum absolute atomic E-state index is 2.79. The van der Waals surface area contributed by atoms with E-state index in [9.17, 15) is 0 Å². The van der Waals surface area contributed by atoms with Gasteiger partial charge in [0.25, 0.3) is 0 Å². The third kappa shape index (κ3) is 7.86. The van der Waals surface area contributed by atoms with Gasteiger partial charge in [-0.2, -0.15) is 0 Å². The monoisotopic (exact) mass is 563 g/mol. The second kappa shape index (κ2) is 14.1. The molecule has 0 aromatic heterocycles. The van der Waals surface area contributed by atoms with Crippen LogP contribution in [0.3, 0.4) is 0 Å². The van der Waals surface area contributed by atoms with Crippen LogP contribution in [0.1, 0.15) is 51.0 Å². The number of fused-ring (bicyclic) bond motifs is 1. The molecular weight excluding hydrogens is 515 g/mol. The number of hydrogen-bond donors (Lipinski definition) is 0. The highest BCUT2D eigenvalue weighted by Crippen LogP contribution is 2.30. The predicted molar refractivity (Wildman–Crippen MR) is 184 cm³/mol. The molecule has 4 aromatic carbocycles. The fourth-order valence-corrected chi connectivity index (χ4v) is 10.9. The first-order chi connectivity index (χ1) is 19.3. The van der Waals surface area contributed by atoms with Crippen LogP contribution in [0.5, 0.6) is 0 Å². The summed E-state index contributed by atoms with van der Waals surface area (Å²) in [6, 6.07) is 39.6. The molecule has 0 heterocycles. The van der Waals surface area contributed by atoms with Gasteiger partial charge in [-0.1, -0.05) is 154 Å². The third-order valence-electron chi connectivity index (χ3n) is 8.57. The van der Waals surface area contributed by atoms with Crippen molar-refractivity contribution < 1.29 is 0 Å². The van der Waals surface area contributed by atoms with Crippen LogP contribution in [-0.2, 0) is 0 Å². The first-order valence-corrected chi connectivity index (χ1v) is 21.5. The minimum absolute atomic E-state index is 1.13. The summed E-state index contributed by atoms with van der Waals surface area (Å²) < 4.78 is 2.79. The van der Waals surface area contributed by atoms with E-state index < -0.39 is 16.3 Å². The molecule has 0 amide bonds. The van der Waals surface area contributed by atoms with Crippen LogP contribution in [0.15, 0.2) is 109 Å². The molecule has 0 radical (unpaired) electrons. The number of allylic oxidation sites excluding steroid dienone is 1. The summed E-state index contributed by atoms with van der Waals surface area (Å²) in [5, 5.41) is 5.68. The molecule has 3 heteroatoms. The van der Waals surface area contributed by atoms with Gasteiger partial charge in [0.15, 0.2) is 8.24 Å². The van der Waals surface area contributed by atoms with E-state index in [-0.39, 0.29) is 0 Å². The average molecular weight is 564 g/mol. The molecule has 0 spiro atoms. The molecule has 0 N–H and O–H groups in total. The van der Waals surface area contributed by atoms with Gasteiger partial charge in [-0.25, -0.2) is 0 Å². The predicted octanol–water partition coefficient (Wildman–Crippen LogP) is 9.57. The SMILES string of the molecule is CCCCCCCCN(/C=C(/C[Si](C)(C)c1ccccc1)c1ccc2ccccc2c1)[Si](C)(C)c1ccccc1. The Balaban J connectivity index is 1.75. The summed E-state index contributed by atoms with van der Waals surface area (Å²) in [6.45, 7) is 13.6. The summed E-state index contributed by atoms with van der Waals surface area (Å²) in [5.41, 5.74) is 2.87. The zero-order valence-electron chi connectivity index (χ0n) is 25.5. The quantitative estimate of drug-likeness (QED) is 0.109. The Hall–Kier alpha value is -2.89. The maximum Gasteiger partial charge on any atom is 0.181 e. The minimum Gasteiger partial charge on any atom is -0.399 e. The highest BCUT2D eigenvalue weighted by molar-refractivity contribution is 6.91. The molecule has 0 aliphatic carbocycles. The van der Waals surface area contributed by atoms with E-state index in [0.717, 1.165) is 12.6 Å². The van der Waals surface area contributed by atoms with Crippen molar-refractivity contribution in [2.75, 3.05) is 6.54 Å². The Labute approximate surface area is 246 Å². The number of benzene rings is 4. The Morgan fingerprint density at radius 2 is 1.20 bits per heavy atom. The number of hydrogen-bond acceptors (Lipinski definition) is 1. The molecule has 0 aliphatic heterocycles. The fourth-order valence-electron chi connectivity index (χ4n) is 5.85. The van der Waals surface area contributed by atoms with Gasteiger partial charge in [0.1, 0.15) is 0 Å². The maximum atomic E-state index is 2.79. The molecular formula is C37H49NSi2. The van der Waals surface area contributed by atoms with Crippen molar-refractivity contribution in [1.82, 2.24) is 4.57 Å². The second-order valence-corrected chi connectivity index (χ2v) is 21.5. The van der Waals surface area contributed by atoms with Crippen LogP contribution in [0.25, 0.3) is 16.3 Å². The molecule has 0 saturated carbocycles. The van der Waals surface area contributed by atoms with Crippen molar-refractivity contribution in [1.29, 1.82) is 0 Å². The summed E-state index contributed by atoms with van der Waals surface area (Å²) in [5.74, 6) is 0. The molecule has 210 valence electrons. The third-order valence-corrected chi connectivity index (χ3v) is 15.3. The van der Waals surface area contributed by atoms with Gasteiger partial charge in [-0.3, -0.25) is 0 Å². The second-order valence-electron chi connectivity index (χ2n) is 12.5. The Morgan fingerprint density at radius 1 is 0.625 bits per heavy atom. The lowest BCUT2D eigenvalue weighted by molar-refractivity contribution is 0.506. The van der Waals surface area contributed by atoms with Gasteiger partial charge >= 0.3 is 0 Å². The molecule has 0 fully saturated rings. The normalized spacial score (nSPS) is 12.6. The number of unbranched alkanes of at least 4 members (excludes halogenated alkanes) is 5. The summed E-state index contributed by atoms with van der Waals surface area (Å²) in [6.07, 6.45) is 10.6. The summed E-state index contributed by atoms with van der Waals surface area (Å²) in [4.78, 5) is 0. The molecule has 4 rings (SSSR count). The summed E-state index contributed by atoms with van der Waals surface area (Å²) >= 11 is 0. The van der Waals surface area contributed by atoms with E-state index >= 15 is 0 Å². The topological polar surface area (TPSA) is 3.24 Å². The number of nitrogens with zero attached hydrogens (tertiary/aromatic N) is 1. The molecule has 0 aliphatic rings. The lowest BCUT2D eigenvalue weighted by atomic mass is 10.0. The van der Waals surface area contributed by atoms with E-state index in [1.54, 1.807) is 0 Å². The van der Waals surface area contributed by atoms with E-state index in [0.29, 0.717) is 0 Å². The Kier molecular flexibility index (Phi) is 10.6. The standard InChI is InChI=1S/C37H49NSi2/c1-6-7-8-9-10-19-28-38(40(4,5)37-24-15-12-16-25-37)30-35(31-39(2,3)36-22-13-11-14-23-36)34-27-26-32-20-17-18-21-33(32)29-34/h11-18,20-27,29-30H,6-10,19,28,31H2,1-5H3/b35-30-. The van der Waals surface area contributed by atoms with Crippen molar-refractivity contribution in [3.8, 4) is 0 Å². The zero-order chi connectivity index (χ0) is 28.4. The summed E-state index contributed by atoms with van der Waals surface area (Å²) in [7, 11) is -3.65. The lowest BCUT2D eigenvalue weighted by Gasteiger charge is -2.38. The molecule has 0 bridgehead atoms. The van der Waals surface area contributed by atoms with Gasteiger partial charge in [0.2, 0.25) is 0 Å². The minimum atomic E-state index is -1.92. The highest BCUT2D eigenvalue weighted by atomic mass is 28.3. The van der Waals surface area contributed by atoms with Crippen molar-refractivity contribution >= 4 is 43.0 Å². The van der Waals surface area contributed by atoms with Crippen molar-refractivity contribution in [3.63, 3.8) is 0 Å².